The van der Waals surface area contributed by atoms with E-state index < -0.39 is 0 Å². The van der Waals surface area contributed by atoms with Gasteiger partial charge in [-0.15, -0.1) is 0 Å². The summed E-state index contributed by atoms with van der Waals surface area (Å²) in [4.78, 5) is 0. The lowest BCUT2D eigenvalue weighted by atomic mass is 9.41. The number of rotatable bonds is 0. The van der Waals surface area contributed by atoms with Gasteiger partial charge in [0.05, 0.1) is 0 Å². The first-order valence-corrected chi connectivity index (χ1v) is 12.8. The fourth-order valence-electron chi connectivity index (χ4n) is 12.9. The smallest absolute Gasteiger partial charge is 0.0308 e. The Morgan fingerprint density at radius 1 is 0.500 bits per heavy atom. The average Bonchev–Trinajstić information content (AvgIpc) is 3.58. The van der Waals surface area contributed by atoms with E-state index in [2.05, 4.69) is 48.5 Å². The van der Waals surface area contributed by atoms with Crippen molar-refractivity contribution in [2.75, 3.05) is 0 Å². The summed E-state index contributed by atoms with van der Waals surface area (Å²) in [5.74, 6) is 7.85. The van der Waals surface area contributed by atoms with Crippen LogP contribution in [0.5, 0.6) is 0 Å². The molecule has 148 valence electrons. The first-order chi connectivity index (χ1) is 14.9. The van der Waals surface area contributed by atoms with Crippen molar-refractivity contribution in [3.63, 3.8) is 0 Å². The van der Waals surface area contributed by atoms with Crippen molar-refractivity contribution in [3.05, 3.63) is 81.9 Å². The second kappa shape index (κ2) is 4.25. The molecule has 10 aliphatic rings. The van der Waals surface area contributed by atoms with Gasteiger partial charge in [-0.1, -0.05) is 59.7 Å². The minimum Gasteiger partial charge on any atom is -0.0619 e. The predicted molar refractivity (Wildman–Crippen MR) is 117 cm³/mol. The topological polar surface area (TPSA) is 0 Å². The van der Waals surface area contributed by atoms with E-state index >= 15 is 0 Å². The van der Waals surface area contributed by atoms with E-state index in [1.807, 2.05) is 11.1 Å². The van der Waals surface area contributed by atoms with Crippen LogP contribution < -0.4 is 0 Å². The zero-order valence-corrected chi connectivity index (χ0v) is 17.5. The van der Waals surface area contributed by atoms with Gasteiger partial charge in [0, 0.05) is 11.8 Å². The molecule has 10 bridgehead atoms. The molecular weight excluding hydrogens is 360 g/mol. The van der Waals surface area contributed by atoms with Gasteiger partial charge in [-0.2, -0.15) is 0 Å². The molecule has 0 heteroatoms. The van der Waals surface area contributed by atoms with Gasteiger partial charge in [0.1, 0.15) is 0 Å². The normalized spacial score (nSPS) is 53.3. The van der Waals surface area contributed by atoms with Crippen LogP contribution in [-0.4, -0.2) is 0 Å². The van der Waals surface area contributed by atoms with Crippen molar-refractivity contribution in [2.24, 2.45) is 46.3 Å². The minimum atomic E-state index is 0.568. The van der Waals surface area contributed by atoms with Crippen LogP contribution in [0.3, 0.4) is 0 Å². The zero-order valence-electron chi connectivity index (χ0n) is 17.5. The van der Waals surface area contributed by atoms with E-state index in [9.17, 15) is 0 Å². The molecule has 2 spiro atoms. The Labute approximate surface area is 178 Å². The largest absolute Gasteiger partial charge is 0.0619 e. The van der Waals surface area contributed by atoms with Crippen LogP contribution in [0.2, 0.25) is 0 Å². The molecule has 2 aromatic rings. The highest BCUT2D eigenvalue weighted by molar-refractivity contribution is 5.67. The van der Waals surface area contributed by atoms with E-state index in [1.54, 1.807) is 47.9 Å². The second-order valence-corrected chi connectivity index (χ2v) is 12.3. The van der Waals surface area contributed by atoms with E-state index in [4.69, 9.17) is 0 Å². The Morgan fingerprint density at radius 2 is 0.833 bits per heavy atom. The van der Waals surface area contributed by atoms with E-state index in [0.29, 0.717) is 11.8 Å². The third-order valence-electron chi connectivity index (χ3n) is 12.7. The van der Waals surface area contributed by atoms with Gasteiger partial charge in [0.2, 0.25) is 0 Å². The van der Waals surface area contributed by atoms with Gasteiger partial charge in [0.25, 0.3) is 0 Å². The van der Waals surface area contributed by atoms with Crippen LogP contribution in [0.1, 0.15) is 72.6 Å². The lowest BCUT2D eigenvalue weighted by molar-refractivity contribution is -0.0850. The van der Waals surface area contributed by atoms with E-state index in [-0.39, 0.29) is 0 Å². The van der Waals surface area contributed by atoms with Crippen molar-refractivity contribution < 1.29 is 0 Å². The van der Waals surface area contributed by atoms with Crippen molar-refractivity contribution in [1.29, 1.82) is 0 Å². The third kappa shape index (κ3) is 1.13. The molecule has 6 saturated carbocycles. The lowest BCUT2D eigenvalue weighted by Gasteiger charge is -2.62. The van der Waals surface area contributed by atoms with Crippen LogP contribution in [0.4, 0.5) is 0 Å². The lowest BCUT2D eigenvalue weighted by Crippen LogP contribution is -2.54. The molecular formula is C30H28. The maximum absolute atomic E-state index is 2.47. The fraction of sp³-hybridized carbons (Fsp3) is 0.533. The van der Waals surface area contributed by atoms with Gasteiger partial charge >= 0.3 is 0 Å². The Balaban J connectivity index is 1.28. The Hall–Kier alpha value is -1.82. The molecule has 0 heterocycles. The number of benzene rings is 2. The standard InChI is InChI=1S/C30H28/c1-2-6-16-15(5-1)25-17-7-3-4-8-18(17)26(16)20-14-30-23-11-9-21-27(23)28-22(10-12-24(28)30)29(21,30)13-19(20)25/h1-8,21-28H,9-14H2. The third-order valence-corrected chi connectivity index (χ3v) is 12.7. The number of hydrogen-bond donors (Lipinski definition) is 0. The first-order valence-electron chi connectivity index (χ1n) is 12.8. The maximum Gasteiger partial charge on any atom is 0.0308 e. The molecule has 10 aliphatic carbocycles. The zero-order chi connectivity index (χ0) is 19.0. The number of hydrogen-bond acceptors (Lipinski definition) is 0. The highest BCUT2D eigenvalue weighted by Gasteiger charge is 2.90. The molecule has 0 amide bonds. The second-order valence-electron chi connectivity index (χ2n) is 12.3. The average molecular weight is 389 g/mol. The van der Waals surface area contributed by atoms with Crippen molar-refractivity contribution >= 4 is 0 Å². The first kappa shape index (κ1) is 15.1. The molecule has 4 atom stereocenters. The molecule has 0 saturated heterocycles. The van der Waals surface area contributed by atoms with Crippen molar-refractivity contribution in [2.45, 2.75) is 50.4 Å². The van der Waals surface area contributed by atoms with Gasteiger partial charge in [-0.25, -0.2) is 0 Å². The summed E-state index contributed by atoms with van der Waals surface area (Å²) < 4.78 is 0. The molecule has 12 rings (SSSR count). The summed E-state index contributed by atoms with van der Waals surface area (Å²) >= 11 is 0. The quantitative estimate of drug-likeness (QED) is 0.442. The van der Waals surface area contributed by atoms with E-state index in [1.165, 1.54) is 12.8 Å². The van der Waals surface area contributed by atoms with Gasteiger partial charge in [0.15, 0.2) is 0 Å². The van der Waals surface area contributed by atoms with Crippen LogP contribution >= 0.6 is 0 Å². The van der Waals surface area contributed by atoms with Crippen LogP contribution in [-0.2, 0) is 0 Å². The summed E-state index contributed by atoms with van der Waals surface area (Å²) in [7, 11) is 0. The Bertz CT molecular complexity index is 1060. The summed E-state index contributed by atoms with van der Waals surface area (Å²) in [6.07, 6.45) is 9.31. The highest BCUT2D eigenvalue weighted by Crippen LogP contribution is 2.96. The van der Waals surface area contributed by atoms with Gasteiger partial charge in [-0.3, -0.25) is 0 Å². The summed E-state index contributed by atoms with van der Waals surface area (Å²) in [6, 6.07) is 19.1. The molecule has 0 radical (unpaired) electrons. The minimum absolute atomic E-state index is 0.568. The monoisotopic (exact) mass is 388 g/mol. The summed E-state index contributed by atoms with van der Waals surface area (Å²) in [5, 5.41) is 0. The molecule has 6 fully saturated rings. The molecule has 0 nitrogen and oxygen atoms in total. The Kier molecular flexibility index (Phi) is 2.14. The highest BCUT2D eigenvalue weighted by atomic mass is 14.9. The Morgan fingerprint density at radius 3 is 1.17 bits per heavy atom. The van der Waals surface area contributed by atoms with E-state index in [0.717, 1.165) is 46.3 Å². The van der Waals surface area contributed by atoms with Crippen LogP contribution in [0, 0.1) is 46.3 Å². The predicted octanol–water partition coefficient (Wildman–Crippen LogP) is 6.67. The fourth-order valence-corrected chi connectivity index (χ4v) is 12.9. The summed E-state index contributed by atoms with van der Waals surface area (Å²) in [5.41, 5.74) is 11.9. The van der Waals surface area contributed by atoms with Crippen molar-refractivity contribution in [1.82, 2.24) is 0 Å². The number of allylic oxidation sites excluding steroid dienone is 2. The maximum atomic E-state index is 2.47. The van der Waals surface area contributed by atoms with Gasteiger partial charge < -0.3 is 0 Å². The molecule has 4 unspecified atom stereocenters. The SMILES string of the molecule is c1ccc2c(c1)C1C3=C(CC45C6CCC7C6C6C(CCC64)C75C3)C2c2ccccc21. The van der Waals surface area contributed by atoms with Crippen LogP contribution in [0.25, 0.3) is 0 Å². The van der Waals surface area contributed by atoms with Crippen LogP contribution in [0.15, 0.2) is 59.7 Å². The van der Waals surface area contributed by atoms with Gasteiger partial charge in [-0.05, 0) is 107 Å². The molecule has 0 aromatic heterocycles. The molecule has 2 aromatic carbocycles. The molecule has 0 aliphatic heterocycles. The molecule has 0 N–H and O–H groups in total. The molecule has 30 heavy (non-hydrogen) atoms. The summed E-state index contributed by atoms with van der Waals surface area (Å²) in [6.45, 7) is 0. The van der Waals surface area contributed by atoms with Crippen molar-refractivity contribution in [3.8, 4) is 0 Å².